The van der Waals surface area contributed by atoms with E-state index < -0.39 is 12.6 Å². The molecule has 2 aromatic rings. The molecule has 19 heavy (non-hydrogen) atoms. The summed E-state index contributed by atoms with van der Waals surface area (Å²) >= 11 is 0. The molecule has 0 radical (unpaired) electrons. The van der Waals surface area contributed by atoms with Crippen LogP contribution in [0.15, 0.2) is 28.9 Å². The van der Waals surface area contributed by atoms with Crippen molar-refractivity contribution in [1.29, 1.82) is 0 Å². The number of carbonyl (C=O) groups is 1. The number of rotatable bonds is 3. The zero-order valence-electron chi connectivity index (χ0n) is 10.2. The largest absolute Gasteiger partial charge is 0.463 e. The van der Waals surface area contributed by atoms with Crippen LogP contribution in [-0.2, 0) is 6.42 Å². The van der Waals surface area contributed by atoms with Gasteiger partial charge in [0.1, 0.15) is 11.8 Å². The van der Waals surface area contributed by atoms with Crippen molar-refractivity contribution >= 4 is 16.9 Å². The molecule has 0 saturated carbocycles. The van der Waals surface area contributed by atoms with Crippen LogP contribution < -0.4 is 5.32 Å². The van der Waals surface area contributed by atoms with Gasteiger partial charge in [0.05, 0.1) is 5.56 Å². The van der Waals surface area contributed by atoms with Crippen molar-refractivity contribution in [3.05, 3.63) is 35.6 Å². The third kappa shape index (κ3) is 3.07. The summed E-state index contributed by atoms with van der Waals surface area (Å²) in [5.74, 6) is -0.290. The molecule has 0 fully saturated rings. The number of benzene rings is 1. The Bertz CT molecular complexity index is 601. The summed E-state index contributed by atoms with van der Waals surface area (Å²) in [4.78, 5) is 11.5. The van der Waals surface area contributed by atoms with Gasteiger partial charge < -0.3 is 9.73 Å². The van der Waals surface area contributed by atoms with Crippen LogP contribution in [0.5, 0.6) is 0 Å². The fourth-order valence-electron chi connectivity index (χ4n) is 1.82. The van der Waals surface area contributed by atoms with Crippen LogP contribution >= 0.6 is 0 Å². The van der Waals surface area contributed by atoms with Crippen LogP contribution in [0, 0.1) is 0 Å². The number of nitrogens with one attached hydrogen (secondary N) is 1. The Morgan fingerprint density at radius 3 is 2.74 bits per heavy atom. The zero-order chi connectivity index (χ0) is 14.0. The van der Waals surface area contributed by atoms with Crippen LogP contribution in [-0.4, -0.2) is 19.1 Å². The van der Waals surface area contributed by atoms with Crippen molar-refractivity contribution in [3.63, 3.8) is 0 Å². The van der Waals surface area contributed by atoms with Crippen molar-refractivity contribution < 1.29 is 22.4 Å². The van der Waals surface area contributed by atoms with Crippen molar-refractivity contribution in [2.45, 2.75) is 19.0 Å². The second-order valence-electron chi connectivity index (χ2n) is 4.17. The first-order valence-electron chi connectivity index (χ1n) is 5.69. The van der Waals surface area contributed by atoms with Gasteiger partial charge in [0.2, 0.25) is 0 Å². The molecule has 6 heteroatoms. The molecule has 1 N–H and O–H groups in total. The number of halogens is 3. The maximum Gasteiger partial charge on any atom is 0.389 e. The molecule has 0 aliphatic rings. The van der Waals surface area contributed by atoms with Gasteiger partial charge in [0, 0.05) is 18.9 Å². The highest BCUT2D eigenvalue weighted by Gasteiger charge is 2.26. The molecule has 102 valence electrons. The zero-order valence-corrected chi connectivity index (χ0v) is 10.2. The predicted octanol–water partition coefficient (Wildman–Crippen LogP) is 3.29. The highest BCUT2D eigenvalue weighted by molar-refractivity contribution is 6.05. The predicted molar refractivity (Wildman–Crippen MR) is 64.0 cm³/mol. The van der Waals surface area contributed by atoms with E-state index in [0.717, 1.165) is 0 Å². The average molecular weight is 271 g/mol. The summed E-state index contributed by atoms with van der Waals surface area (Å²) in [6.45, 7) is 0. The van der Waals surface area contributed by atoms with Crippen molar-refractivity contribution in [2.24, 2.45) is 0 Å². The molecule has 3 nitrogen and oxygen atoms in total. The molecule has 1 aromatic carbocycles. The summed E-state index contributed by atoms with van der Waals surface area (Å²) < 4.78 is 41.6. The van der Waals surface area contributed by atoms with Crippen molar-refractivity contribution in [3.8, 4) is 0 Å². The Hall–Kier alpha value is -1.98. The number of fused-ring (bicyclic) bond motifs is 1. The van der Waals surface area contributed by atoms with Gasteiger partial charge in [-0.1, -0.05) is 12.1 Å². The first kappa shape index (κ1) is 13.5. The molecule has 0 saturated heterocycles. The van der Waals surface area contributed by atoms with E-state index in [9.17, 15) is 18.0 Å². The summed E-state index contributed by atoms with van der Waals surface area (Å²) in [5, 5.41) is 3.06. The molecular weight excluding hydrogens is 259 g/mol. The van der Waals surface area contributed by atoms with Crippen LogP contribution in [0.25, 0.3) is 11.0 Å². The fourth-order valence-corrected chi connectivity index (χ4v) is 1.82. The van der Waals surface area contributed by atoms with Crippen molar-refractivity contribution in [2.75, 3.05) is 7.05 Å². The van der Waals surface area contributed by atoms with Crippen LogP contribution in [0.4, 0.5) is 13.2 Å². The Kier molecular flexibility index (Phi) is 3.50. The molecule has 0 unspecified atom stereocenters. The van der Waals surface area contributed by atoms with Crippen LogP contribution in [0.3, 0.4) is 0 Å². The van der Waals surface area contributed by atoms with Crippen LogP contribution in [0.2, 0.25) is 0 Å². The number of hydrogen-bond acceptors (Lipinski definition) is 2. The Labute approximate surface area is 107 Å². The first-order chi connectivity index (χ1) is 8.90. The average Bonchev–Trinajstić information content (AvgIpc) is 2.77. The maximum absolute atomic E-state index is 12.1. The lowest BCUT2D eigenvalue weighted by molar-refractivity contribution is -0.133. The van der Waals surface area contributed by atoms with Gasteiger partial charge in [0.25, 0.3) is 5.91 Å². The molecule has 1 aromatic heterocycles. The lowest BCUT2D eigenvalue weighted by atomic mass is 10.1. The van der Waals surface area contributed by atoms with E-state index in [-0.39, 0.29) is 12.3 Å². The van der Waals surface area contributed by atoms with E-state index in [4.69, 9.17) is 4.42 Å². The lowest BCUT2D eigenvalue weighted by Gasteiger charge is -2.05. The van der Waals surface area contributed by atoms with E-state index in [2.05, 4.69) is 5.32 Å². The third-order valence-electron chi connectivity index (χ3n) is 2.81. The molecule has 1 amide bonds. The molecule has 1 heterocycles. The molecule has 0 bridgehead atoms. The molecular formula is C13H12F3NO2. The van der Waals surface area contributed by atoms with E-state index in [1.807, 2.05) is 0 Å². The quantitative estimate of drug-likeness (QED) is 0.930. The van der Waals surface area contributed by atoms with E-state index >= 15 is 0 Å². The van der Waals surface area contributed by atoms with Gasteiger partial charge in [-0.2, -0.15) is 13.2 Å². The van der Waals surface area contributed by atoms with Gasteiger partial charge in [-0.25, -0.2) is 0 Å². The second kappa shape index (κ2) is 4.95. The monoisotopic (exact) mass is 271 g/mol. The lowest BCUT2D eigenvalue weighted by Crippen LogP contribution is -2.17. The van der Waals surface area contributed by atoms with Gasteiger partial charge in [-0.15, -0.1) is 0 Å². The van der Waals surface area contributed by atoms with E-state index in [0.29, 0.717) is 22.1 Å². The summed E-state index contributed by atoms with van der Waals surface area (Å²) in [6.07, 6.45) is -3.85. The Morgan fingerprint density at radius 2 is 2.11 bits per heavy atom. The SMILES string of the molecule is CNC(=O)c1coc2cc(CCC(F)(F)F)ccc12. The number of alkyl halides is 3. The minimum atomic E-state index is -4.18. The van der Waals surface area contributed by atoms with Gasteiger partial charge in [-0.3, -0.25) is 4.79 Å². The highest BCUT2D eigenvalue weighted by Crippen LogP contribution is 2.26. The van der Waals surface area contributed by atoms with E-state index in [1.165, 1.54) is 19.4 Å². The molecule has 0 aliphatic carbocycles. The first-order valence-corrected chi connectivity index (χ1v) is 5.69. The minimum Gasteiger partial charge on any atom is -0.463 e. The molecule has 0 atom stereocenters. The summed E-state index contributed by atoms with van der Waals surface area (Å²) in [6, 6.07) is 4.72. The summed E-state index contributed by atoms with van der Waals surface area (Å²) in [7, 11) is 1.50. The van der Waals surface area contributed by atoms with Gasteiger partial charge >= 0.3 is 6.18 Å². The molecule has 2 rings (SSSR count). The normalized spacial score (nSPS) is 11.8. The molecule has 0 spiro atoms. The Balaban J connectivity index is 2.25. The smallest absolute Gasteiger partial charge is 0.389 e. The van der Waals surface area contributed by atoms with Crippen molar-refractivity contribution in [1.82, 2.24) is 5.32 Å². The van der Waals surface area contributed by atoms with Crippen LogP contribution in [0.1, 0.15) is 22.3 Å². The second-order valence-corrected chi connectivity index (χ2v) is 4.17. The third-order valence-corrected chi connectivity index (χ3v) is 2.81. The maximum atomic E-state index is 12.1. The highest BCUT2D eigenvalue weighted by atomic mass is 19.4. The number of furan rings is 1. The summed E-state index contributed by atoms with van der Waals surface area (Å²) in [5.41, 5.74) is 1.32. The number of hydrogen-bond donors (Lipinski definition) is 1. The number of carbonyl (C=O) groups excluding carboxylic acids is 1. The Morgan fingerprint density at radius 1 is 1.37 bits per heavy atom. The fraction of sp³-hybridized carbons (Fsp3) is 0.308. The number of amides is 1. The minimum absolute atomic E-state index is 0.102. The van der Waals surface area contributed by atoms with Gasteiger partial charge in [-0.05, 0) is 18.1 Å². The molecule has 0 aliphatic heterocycles. The number of aryl methyl sites for hydroxylation is 1. The van der Waals surface area contributed by atoms with E-state index in [1.54, 1.807) is 12.1 Å². The topological polar surface area (TPSA) is 42.2 Å². The standard InChI is InChI=1S/C13H12F3NO2/c1-17-12(18)10-7-19-11-6-8(2-3-9(10)11)4-5-13(14,15)16/h2-3,6-7H,4-5H2,1H3,(H,17,18). The van der Waals surface area contributed by atoms with Gasteiger partial charge in [0.15, 0.2) is 0 Å².